The Morgan fingerprint density at radius 2 is 2.21 bits per heavy atom. The highest BCUT2D eigenvalue weighted by Crippen LogP contribution is 2.09. The van der Waals surface area contributed by atoms with Gasteiger partial charge in [0.1, 0.15) is 0 Å². The molecule has 0 heterocycles. The number of aryl methyl sites for hydroxylation is 1. The van der Waals surface area contributed by atoms with E-state index in [9.17, 15) is 4.79 Å². The minimum absolute atomic E-state index is 0.293. The van der Waals surface area contributed by atoms with E-state index in [2.05, 4.69) is 5.32 Å². The van der Waals surface area contributed by atoms with Crippen LogP contribution < -0.4 is 5.32 Å². The Balaban J connectivity index is 2.65. The van der Waals surface area contributed by atoms with E-state index >= 15 is 0 Å². The Kier molecular flexibility index (Phi) is 3.48. The minimum Gasteiger partial charge on any atom is -0.306 e. The Bertz CT molecular complexity index is 326. The molecule has 0 fully saturated rings. The molecule has 0 unspecified atom stereocenters. The summed E-state index contributed by atoms with van der Waals surface area (Å²) < 4.78 is 0. The molecule has 0 aliphatic carbocycles. The maximum atomic E-state index is 11.3. The number of amides is 2. The maximum absolute atomic E-state index is 11.3. The highest BCUT2D eigenvalue weighted by atomic mass is 16.7. The first-order valence-electron chi connectivity index (χ1n) is 4.29. The molecule has 0 aliphatic heterocycles. The Hall–Kier alpha value is -1.55. The van der Waals surface area contributed by atoms with Crippen molar-refractivity contribution in [2.75, 3.05) is 19.5 Å². The van der Waals surface area contributed by atoms with E-state index < -0.39 is 0 Å². The molecule has 0 radical (unpaired) electrons. The van der Waals surface area contributed by atoms with Gasteiger partial charge in [-0.1, -0.05) is 12.1 Å². The zero-order valence-corrected chi connectivity index (χ0v) is 8.57. The molecular weight excluding hydrogens is 180 g/mol. The zero-order chi connectivity index (χ0) is 10.6. The van der Waals surface area contributed by atoms with E-state index in [1.54, 1.807) is 7.05 Å². The summed E-state index contributed by atoms with van der Waals surface area (Å²) in [5, 5.41) is 3.82. The summed E-state index contributed by atoms with van der Waals surface area (Å²) in [6.07, 6.45) is 0. The van der Waals surface area contributed by atoms with E-state index in [1.165, 1.54) is 7.11 Å². The second-order valence-corrected chi connectivity index (χ2v) is 2.98. The maximum Gasteiger partial charge on any atom is 0.345 e. The smallest absolute Gasteiger partial charge is 0.306 e. The monoisotopic (exact) mass is 194 g/mol. The van der Waals surface area contributed by atoms with Crippen LogP contribution in [0.25, 0.3) is 0 Å². The highest BCUT2D eigenvalue weighted by molar-refractivity contribution is 5.88. The third-order valence-electron chi connectivity index (χ3n) is 1.83. The fourth-order valence-electron chi connectivity index (χ4n) is 1.01. The van der Waals surface area contributed by atoms with Crippen molar-refractivity contribution in [3.05, 3.63) is 29.8 Å². The van der Waals surface area contributed by atoms with Gasteiger partial charge in [0.2, 0.25) is 0 Å². The van der Waals surface area contributed by atoms with E-state index in [4.69, 9.17) is 4.84 Å². The lowest BCUT2D eigenvalue weighted by molar-refractivity contribution is -0.0598. The van der Waals surface area contributed by atoms with Crippen molar-refractivity contribution in [3.63, 3.8) is 0 Å². The molecule has 4 heteroatoms. The summed E-state index contributed by atoms with van der Waals surface area (Å²) in [4.78, 5) is 16.1. The van der Waals surface area contributed by atoms with Crippen molar-refractivity contribution in [1.82, 2.24) is 5.06 Å². The van der Waals surface area contributed by atoms with Gasteiger partial charge in [-0.05, 0) is 24.6 Å². The molecular formula is C10H14N2O2. The van der Waals surface area contributed by atoms with Crippen molar-refractivity contribution in [2.45, 2.75) is 6.92 Å². The molecule has 1 aromatic carbocycles. The SMILES string of the molecule is CON(C)C(=O)Nc1cccc(C)c1. The molecule has 0 saturated heterocycles. The van der Waals surface area contributed by atoms with Crippen LogP contribution in [0, 0.1) is 6.92 Å². The third kappa shape index (κ3) is 2.74. The Morgan fingerprint density at radius 1 is 1.50 bits per heavy atom. The van der Waals surface area contributed by atoms with Crippen LogP contribution in [-0.4, -0.2) is 25.3 Å². The van der Waals surface area contributed by atoms with Gasteiger partial charge in [-0.3, -0.25) is 4.84 Å². The van der Waals surface area contributed by atoms with Gasteiger partial charge in [-0.25, -0.2) is 9.86 Å². The largest absolute Gasteiger partial charge is 0.345 e. The van der Waals surface area contributed by atoms with Crippen molar-refractivity contribution in [1.29, 1.82) is 0 Å². The van der Waals surface area contributed by atoms with Crippen LogP contribution >= 0.6 is 0 Å². The van der Waals surface area contributed by atoms with Gasteiger partial charge < -0.3 is 5.32 Å². The van der Waals surface area contributed by atoms with Crippen LogP contribution in [0.15, 0.2) is 24.3 Å². The van der Waals surface area contributed by atoms with Crippen LogP contribution in [0.4, 0.5) is 10.5 Å². The van der Waals surface area contributed by atoms with Gasteiger partial charge >= 0.3 is 6.03 Å². The van der Waals surface area contributed by atoms with Crippen molar-refractivity contribution >= 4 is 11.7 Å². The molecule has 4 nitrogen and oxygen atoms in total. The lowest BCUT2D eigenvalue weighted by Crippen LogP contribution is -2.30. The number of nitrogens with zero attached hydrogens (tertiary/aromatic N) is 1. The summed E-state index contributed by atoms with van der Waals surface area (Å²) in [7, 11) is 2.99. The summed E-state index contributed by atoms with van der Waals surface area (Å²) in [6.45, 7) is 1.97. The number of urea groups is 1. The molecule has 76 valence electrons. The lowest BCUT2D eigenvalue weighted by atomic mass is 10.2. The quantitative estimate of drug-likeness (QED) is 0.732. The second kappa shape index (κ2) is 4.62. The molecule has 1 N–H and O–H groups in total. The highest BCUT2D eigenvalue weighted by Gasteiger charge is 2.06. The molecule has 0 spiro atoms. The Labute approximate surface area is 83.4 Å². The van der Waals surface area contributed by atoms with E-state index in [1.807, 2.05) is 31.2 Å². The van der Waals surface area contributed by atoms with Gasteiger partial charge in [0.25, 0.3) is 0 Å². The number of hydrogen-bond donors (Lipinski definition) is 1. The molecule has 1 aromatic rings. The lowest BCUT2D eigenvalue weighted by Gasteiger charge is -2.14. The predicted molar refractivity (Wildman–Crippen MR) is 55.0 cm³/mol. The summed E-state index contributed by atoms with van der Waals surface area (Å²) in [5.41, 5.74) is 1.86. The van der Waals surface area contributed by atoms with E-state index in [0.29, 0.717) is 0 Å². The van der Waals surface area contributed by atoms with Crippen molar-refractivity contribution in [3.8, 4) is 0 Å². The molecule has 0 atom stereocenters. The van der Waals surface area contributed by atoms with Gasteiger partial charge in [-0.15, -0.1) is 0 Å². The summed E-state index contributed by atoms with van der Waals surface area (Å²) in [6, 6.07) is 7.28. The standard InChI is InChI=1S/C10H14N2O2/c1-8-5-4-6-9(7-8)11-10(13)12(2)14-3/h4-7H,1-3H3,(H,11,13). The van der Waals surface area contributed by atoms with Crippen molar-refractivity contribution in [2.24, 2.45) is 0 Å². The number of nitrogens with one attached hydrogen (secondary N) is 1. The first-order valence-corrected chi connectivity index (χ1v) is 4.29. The fourth-order valence-corrected chi connectivity index (χ4v) is 1.01. The molecule has 0 saturated carbocycles. The van der Waals surface area contributed by atoms with Crippen molar-refractivity contribution < 1.29 is 9.63 Å². The van der Waals surface area contributed by atoms with Crippen LogP contribution in [0.1, 0.15) is 5.56 Å². The average molecular weight is 194 g/mol. The minimum atomic E-state index is -0.293. The topological polar surface area (TPSA) is 41.6 Å². The third-order valence-corrected chi connectivity index (χ3v) is 1.83. The average Bonchev–Trinajstić information content (AvgIpc) is 2.16. The Morgan fingerprint density at radius 3 is 2.79 bits per heavy atom. The molecule has 1 rings (SSSR count). The molecule has 0 aromatic heterocycles. The number of hydrogen-bond acceptors (Lipinski definition) is 2. The molecule has 0 bridgehead atoms. The first kappa shape index (κ1) is 10.5. The molecule has 2 amide bonds. The summed E-state index contributed by atoms with van der Waals surface area (Å²) >= 11 is 0. The van der Waals surface area contributed by atoms with Gasteiger partial charge in [0.15, 0.2) is 0 Å². The number of hydroxylamine groups is 2. The number of carbonyl (C=O) groups is 1. The number of benzene rings is 1. The second-order valence-electron chi connectivity index (χ2n) is 2.98. The normalized spacial score (nSPS) is 9.64. The molecule has 0 aliphatic rings. The van der Waals surface area contributed by atoms with Gasteiger partial charge in [-0.2, -0.15) is 0 Å². The fraction of sp³-hybridized carbons (Fsp3) is 0.300. The van der Waals surface area contributed by atoms with Crippen LogP contribution in [0.2, 0.25) is 0 Å². The van der Waals surface area contributed by atoms with E-state index in [0.717, 1.165) is 16.3 Å². The number of anilines is 1. The van der Waals surface area contributed by atoms with Gasteiger partial charge in [0.05, 0.1) is 7.11 Å². The van der Waals surface area contributed by atoms with E-state index in [-0.39, 0.29) is 6.03 Å². The van der Waals surface area contributed by atoms with Crippen LogP contribution in [0.3, 0.4) is 0 Å². The predicted octanol–water partition coefficient (Wildman–Crippen LogP) is 2.02. The number of rotatable bonds is 2. The first-order chi connectivity index (χ1) is 6.63. The van der Waals surface area contributed by atoms with Gasteiger partial charge in [0, 0.05) is 12.7 Å². The zero-order valence-electron chi connectivity index (χ0n) is 8.57. The number of carbonyl (C=O) groups excluding carboxylic acids is 1. The van der Waals surface area contributed by atoms with Crippen LogP contribution in [-0.2, 0) is 4.84 Å². The summed E-state index contributed by atoms with van der Waals surface area (Å²) in [5.74, 6) is 0. The molecule has 14 heavy (non-hydrogen) atoms. The van der Waals surface area contributed by atoms with Crippen LogP contribution in [0.5, 0.6) is 0 Å².